The Kier molecular flexibility index (Phi) is 14.5. The fourth-order valence-corrected chi connectivity index (χ4v) is 6.63. The third kappa shape index (κ3) is 12.2. The van der Waals surface area contributed by atoms with Gasteiger partial charge >= 0.3 is 12.1 Å². The highest BCUT2D eigenvalue weighted by Gasteiger charge is 2.38. The van der Waals surface area contributed by atoms with E-state index in [9.17, 15) is 22.8 Å². The number of alkyl halides is 3. The first-order chi connectivity index (χ1) is 22.6. The maximum absolute atomic E-state index is 13.0. The Bertz CT molecular complexity index is 1330. The van der Waals surface area contributed by atoms with Crippen LogP contribution in [0.15, 0.2) is 48.5 Å². The van der Waals surface area contributed by atoms with Crippen molar-refractivity contribution in [3.05, 3.63) is 65.2 Å². The molecule has 1 atom stereocenters. The smallest absolute Gasteiger partial charge is 0.475 e. The quantitative estimate of drug-likeness (QED) is 0.265. The zero-order chi connectivity index (χ0) is 35.5. The number of benzene rings is 2. The molecule has 0 aromatic heterocycles. The molecule has 0 radical (unpaired) electrons. The fraction of sp³-hybridized carbons (Fsp3) is 0.605. The van der Waals surface area contributed by atoms with Gasteiger partial charge in [0.1, 0.15) is 0 Å². The highest BCUT2D eigenvalue weighted by molar-refractivity contribution is 6.04. The van der Waals surface area contributed by atoms with E-state index >= 15 is 0 Å². The number of likely N-dealkylation sites (tertiary alicyclic amines) is 1. The number of nitrogens with zero attached hydrogens (tertiary/aromatic N) is 2. The first-order valence-electron chi connectivity index (χ1n) is 17.4. The van der Waals surface area contributed by atoms with Crippen molar-refractivity contribution in [2.75, 3.05) is 31.5 Å². The van der Waals surface area contributed by atoms with Gasteiger partial charge in [0.15, 0.2) is 0 Å². The molecule has 10 heteroatoms. The van der Waals surface area contributed by atoms with Gasteiger partial charge in [0, 0.05) is 42.8 Å². The number of carboxylic acids is 1. The SMILES string of the molecule is CCCN(CC1CCN(C(=O)C2CCCCC2)CC1)C(C)Cc1cccc(NC(=O)c2ccc(C(C)(C)C)cc2)c1.O=C(O)C(F)(F)F. The summed E-state index contributed by atoms with van der Waals surface area (Å²) in [6.07, 6.45) is 5.15. The number of aliphatic carboxylic acids is 1. The van der Waals surface area contributed by atoms with Gasteiger partial charge < -0.3 is 20.2 Å². The normalized spacial score (nSPS) is 17.0. The van der Waals surface area contributed by atoms with Crippen LogP contribution >= 0.6 is 0 Å². The van der Waals surface area contributed by atoms with Gasteiger partial charge in [-0.05, 0) is 98.7 Å². The van der Waals surface area contributed by atoms with E-state index < -0.39 is 12.1 Å². The molecule has 2 N–H and O–H groups in total. The minimum Gasteiger partial charge on any atom is -0.475 e. The van der Waals surface area contributed by atoms with E-state index in [1.807, 2.05) is 36.4 Å². The van der Waals surface area contributed by atoms with Gasteiger partial charge in [0.2, 0.25) is 5.91 Å². The van der Waals surface area contributed by atoms with Gasteiger partial charge in [-0.3, -0.25) is 9.59 Å². The van der Waals surface area contributed by atoms with Gasteiger partial charge in [0.05, 0.1) is 0 Å². The molecule has 0 spiro atoms. The Labute approximate surface area is 284 Å². The second kappa shape index (κ2) is 17.8. The molecule has 1 saturated heterocycles. The summed E-state index contributed by atoms with van der Waals surface area (Å²) in [5, 5.41) is 10.2. The third-order valence-electron chi connectivity index (χ3n) is 9.48. The van der Waals surface area contributed by atoms with Crippen LogP contribution < -0.4 is 5.32 Å². The van der Waals surface area contributed by atoms with Crippen LogP contribution in [0.25, 0.3) is 0 Å². The zero-order valence-corrected chi connectivity index (χ0v) is 29.2. The minimum absolute atomic E-state index is 0.0661. The minimum atomic E-state index is -5.08. The highest BCUT2D eigenvalue weighted by Crippen LogP contribution is 2.28. The first kappa shape index (κ1) is 39.0. The second-order valence-electron chi connectivity index (χ2n) is 14.4. The molecule has 266 valence electrons. The largest absolute Gasteiger partial charge is 0.490 e. The first-order valence-corrected chi connectivity index (χ1v) is 17.4. The number of carboxylic acid groups (broad SMARTS) is 1. The predicted molar refractivity (Wildman–Crippen MR) is 184 cm³/mol. The van der Waals surface area contributed by atoms with Crippen LogP contribution in [0.3, 0.4) is 0 Å². The van der Waals surface area contributed by atoms with Gasteiger partial charge in [-0.25, -0.2) is 4.79 Å². The molecule has 4 rings (SSSR count). The molecule has 2 aromatic carbocycles. The summed E-state index contributed by atoms with van der Waals surface area (Å²) in [5.74, 6) is -1.47. The zero-order valence-electron chi connectivity index (χ0n) is 29.2. The third-order valence-corrected chi connectivity index (χ3v) is 9.48. The molecule has 48 heavy (non-hydrogen) atoms. The Morgan fingerprint density at radius 1 is 0.958 bits per heavy atom. The number of halogens is 3. The van der Waals surface area contributed by atoms with E-state index in [1.165, 1.54) is 30.4 Å². The van der Waals surface area contributed by atoms with Crippen molar-refractivity contribution in [1.82, 2.24) is 9.80 Å². The number of rotatable bonds is 10. The monoisotopic (exact) mass is 673 g/mol. The van der Waals surface area contributed by atoms with Gasteiger partial charge in [0.25, 0.3) is 5.91 Å². The van der Waals surface area contributed by atoms with Crippen LogP contribution in [-0.4, -0.2) is 71.1 Å². The van der Waals surface area contributed by atoms with Crippen molar-refractivity contribution < 1.29 is 32.7 Å². The molecule has 7 nitrogen and oxygen atoms in total. The molecule has 2 aliphatic rings. The Balaban J connectivity index is 0.000000804. The maximum Gasteiger partial charge on any atom is 0.490 e. The van der Waals surface area contributed by atoms with E-state index in [1.54, 1.807) is 0 Å². The predicted octanol–water partition coefficient (Wildman–Crippen LogP) is 8.33. The molecule has 2 amide bonds. The molecule has 1 unspecified atom stereocenters. The fourth-order valence-electron chi connectivity index (χ4n) is 6.63. The van der Waals surface area contributed by atoms with Crippen LogP contribution in [0.1, 0.15) is 107 Å². The summed E-state index contributed by atoms with van der Waals surface area (Å²) >= 11 is 0. The van der Waals surface area contributed by atoms with Crippen molar-refractivity contribution in [2.45, 2.75) is 110 Å². The molecule has 1 saturated carbocycles. The summed E-state index contributed by atoms with van der Waals surface area (Å²) in [7, 11) is 0. The highest BCUT2D eigenvalue weighted by atomic mass is 19.4. The lowest BCUT2D eigenvalue weighted by Gasteiger charge is -2.38. The number of piperidine rings is 1. The van der Waals surface area contributed by atoms with Crippen molar-refractivity contribution in [3.8, 4) is 0 Å². The van der Waals surface area contributed by atoms with Gasteiger partial charge in [-0.1, -0.05) is 71.2 Å². The van der Waals surface area contributed by atoms with Crippen LogP contribution in [0.2, 0.25) is 0 Å². The number of amides is 2. The van der Waals surface area contributed by atoms with Crippen LogP contribution in [0.5, 0.6) is 0 Å². The van der Waals surface area contributed by atoms with Gasteiger partial charge in [-0.2, -0.15) is 13.2 Å². The summed E-state index contributed by atoms with van der Waals surface area (Å²) < 4.78 is 31.7. The number of anilines is 1. The second-order valence-corrected chi connectivity index (χ2v) is 14.4. The van der Waals surface area contributed by atoms with Crippen LogP contribution in [0, 0.1) is 11.8 Å². The molecule has 2 aromatic rings. The maximum atomic E-state index is 13.0. The number of carbonyl (C=O) groups excluding carboxylic acids is 2. The molecule has 1 heterocycles. The van der Waals surface area contributed by atoms with Crippen molar-refractivity contribution in [1.29, 1.82) is 0 Å². The van der Waals surface area contributed by atoms with Gasteiger partial charge in [-0.15, -0.1) is 0 Å². The lowest BCUT2D eigenvalue weighted by Crippen LogP contribution is -2.46. The summed E-state index contributed by atoms with van der Waals surface area (Å²) in [5.41, 5.74) is 4.05. The summed E-state index contributed by atoms with van der Waals surface area (Å²) in [6, 6.07) is 16.7. The van der Waals surface area contributed by atoms with E-state index in [0.717, 1.165) is 70.4 Å². The molecule has 1 aliphatic carbocycles. The van der Waals surface area contributed by atoms with E-state index in [4.69, 9.17) is 9.90 Å². The van der Waals surface area contributed by atoms with Crippen LogP contribution in [0.4, 0.5) is 18.9 Å². The lowest BCUT2D eigenvalue weighted by molar-refractivity contribution is -0.192. The molecular weight excluding hydrogens is 619 g/mol. The Morgan fingerprint density at radius 3 is 2.10 bits per heavy atom. The van der Waals surface area contributed by atoms with E-state index in [2.05, 4.69) is 61.9 Å². The molecule has 0 bridgehead atoms. The summed E-state index contributed by atoms with van der Waals surface area (Å²) in [6.45, 7) is 15.2. The standard InChI is InChI=1S/C36H53N3O2.C2HF3O2/c1-6-21-39(26-28-19-22-38(23-20-28)35(41)31-12-8-7-9-13-31)27(2)24-29-11-10-14-33(25-29)37-34(40)30-15-17-32(18-16-30)36(3,4)5;3-2(4,5)1(6)7/h10-11,14-18,25,27-28,31H,6-9,12-13,19-24,26H2,1-5H3,(H,37,40);(H,6,7). The van der Waals surface area contributed by atoms with Crippen molar-refractivity contribution >= 4 is 23.5 Å². The average molecular weight is 674 g/mol. The summed E-state index contributed by atoms with van der Waals surface area (Å²) in [4.78, 5) is 39.6. The average Bonchev–Trinajstić information content (AvgIpc) is 3.04. The lowest BCUT2D eigenvalue weighted by atomic mass is 9.87. The van der Waals surface area contributed by atoms with E-state index in [-0.39, 0.29) is 17.2 Å². The molecule has 1 aliphatic heterocycles. The molecular formula is C38H54F3N3O4. The Hall–Kier alpha value is -3.40. The number of nitrogens with one attached hydrogen (secondary N) is 1. The Morgan fingerprint density at radius 2 is 1.56 bits per heavy atom. The number of hydrogen-bond acceptors (Lipinski definition) is 4. The number of hydrogen-bond donors (Lipinski definition) is 2. The topological polar surface area (TPSA) is 90.0 Å². The van der Waals surface area contributed by atoms with Crippen LogP contribution in [-0.2, 0) is 21.4 Å². The number of carbonyl (C=O) groups is 3. The van der Waals surface area contributed by atoms with Crippen molar-refractivity contribution in [2.24, 2.45) is 11.8 Å². The van der Waals surface area contributed by atoms with E-state index in [0.29, 0.717) is 23.4 Å². The van der Waals surface area contributed by atoms with Crippen molar-refractivity contribution in [3.63, 3.8) is 0 Å². The molecule has 2 fully saturated rings.